The highest BCUT2D eigenvalue weighted by molar-refractivity contribution is 5.93. The third kappa shape index (κ3) is 7.68. The number of alkyl carbamates (subject to hydrolysis) is 1. The van der Waals surface area contributed by atoms with Gasteiger partial charge in [0, 0.05) is 6.42 Å². The Kier molecular flexibility index (Phi) is 7.36. The molecule has 0 fully saturated rings. The van der Waals surface area contributed by atoms with Gasteiger partial charge in [0.2, 0.25) is 0 Å². The molecule has 1 rings (SSSR count). The number of rotatable bonds is 8. The third-order valence-electron chi connectivity index (χ3n) is 3.92. The van der Waals surface area contributed by atoms with Crippen LogP contribution < -0.4 is 5.32 Å². The van der Waals surface area contributed by atoms with Crippen LogP contribution in [0.1, 0.15) is 53.0 Å². The zero-order valence-corrected chi connectivity index (χ0v) is 16.2. The summed E-state index contributed by atoms with van der Waals surface area (Å²) in [5.41, 5.74) is -0.858. The molecule has 26 heavy (non-hydrogen) atoms. The standard InChI is InChI=1S/C20H29NO5/c1-19(2,3)26-18(25)21-20(4,5)16(22)13-15(17(23)24)12-11-14-9-7-6-8-10-14/h6-10,15H,11-13H2,1-5H3,(H,21,25)(H,23,24)/t15-/m0/s1. The van der Waals surface area contributed by atoms with E-state index in [4.69, 9.17) is 4.74 Å². The first kappa shape index (κ1) is 21.7. The van der Waals surface area contributed by atoms with E-state index >= 15 is 0 Å². The van der Waals surface area contributed by atoms with Crippen LogP contribution in [0.3, 0.4) is 0 Å². The van der Waals surface area contributed by atoms with Gasteiger partial charge in [0.25, 0.3) is 0 Å². The summed E-state index contributed by atoms with van der Waals surface area (Å²) in [6, 6.07) is 9.53. The monoisotopic (exact) mass is 363 g/mol. The summed E-state index contributed by atoms with van der Waals surface area (Å²) in [6.45, 7) is 8.28. The van der Waals surface area contributed by atoms with Gasteiger partial charge < -0.3 is 15.2 Å². The predicted octanol–water partition coefficient (Wildman–Crippen LogP) is 3.58. The number of ketones is 1. The molecule has 0 bridgehead atoms. The molecule has 6 nitrogen and oxygen atoms in total. The lowest BCUT2D eigenvalue weighted by Gasteiger charge is -2.28. The van der Waals surface area contributed by atoms with Crippen LogP contribution in [0, 0.1) is 5.92 Å². The Morgan fingerprint density at radius 1 is 1.08 bits per heavy atom. The van der Waals surface area contributed by atoms with Gasteiger partial charge in [-0.2, -0.15) is 0 Å². The Hall–Kier alpha value is -2.37. The van der Waals surface area contributed by atoms with Crippen molar-refractivity contribution in [2.45, 2.75) is 65.0 Å². The van der Waals surface area contributed by atoms with Crippen LogP contribution >= 0.6 is 0 Å². The zero-order chi connectivity index (χ0) is 20.0. The summed E-state index contributed by atoms with van der Waals surface area (Å²) in [4.78, 5) is 36.0. The van der Waals surface area contributed by atoms with Crippen molar-refractivity contribution in [3.8, 4) is 0 Å². The molecule has 1 amide bonds. The van der Waals surface area contributed by atoms with Crippen molar-refractivity contribution in [1.82, 2.24) is 5.32 Å². The van der Waals surface area contributed by atoms with Crippen LogP contribution in [0.2, 0.25) is 0 Å². The Bertz CT molecular complexity index is 631. The van der Waals surface area contributed by atoms with Crippen molar-refractivity contribution in [1.29, 1.82) is 0 Å². The Morgan fingerprint density at radius 2 is 1.65 bits per heavy atom. The molecule has 0 spiro atoms. The van der Waals surface area contributed by atoms with Gasteiger partial charge in [-0.05, 0) is 53.0 Å². The maximum Gasteiger partial charge on any atom is 0.408 e. The number of aryl methyl sites for hydroxylation is 1. The van der Waals surface area contributed by atoms with Crippen molar-refractivity contribution in [2.75, 3.05) is 0 Å². The molecule has 0 unspecified atom stereocenters. The molecule has 0 saturated carbocycles. The topological polar surface area (TPSA) is 92.7 Å². The van der Waals surface area contributed by atoms with E-state index in [0.717, 1.165) is 5.56 Å². The van der Waals surface area contributed by atoms with Crippen LogP contribution in [0.4, 0.5) is 4.79 Å². The molecule has 0 aromatic heterocycles. The van der Waals surface area contributed by atoms with Crippen molar-refractivity contribution >= 4 is 17.8 Å². The van der Waals surface area contributed by atoms with E-state index < -0.39 is 29.1 Å². The summed E-state index contributed by atoms with van der Waals surface area (Å²) in [7, 11) is 0. The second-order valence-electron chi connectivity index (χ2n) is 7.94. The first-order valence-electron chi connectivity index (χ1n) is 8.72. The number of ether oxygens (including phenoxy) is 1. The number of nitrogens with one attached hydrogen (secondary N) is 1. The number of Topliss-reactive ketones (excluding diaryl/α,β-unsaturated/α-hetero) is 1. The molecule has 6 heteroatoms. The SMILES string of the molecule is CC(C)(C)OC(=O)NC(C)(C)C(=O)C[C@H](CCc1ccccc1)C(=O)O. The van der Waals surface area contributed by atoms with Gasteiger partial charge in [-0.1, -0.05) is 30.3 Å². The molecule has 144 valence electrons. The zero-order valence-electron chi connectivity index (χ0n) is 16.2. The lowest BCUT2D eigenvalue weighted by Crippen LogP contribution is -2.51. The summed E-state index contributed by atoms with van der Waals surface area (Å²) in [6.07, 6.45) is 0.0795. The highest BCUT2D eigenvalue weighted by atomic mass is 16.6. The van der Waals surface area contributed by atoms with Gasteiger partial charge in [-0.15, -0.1) is 0 Å². The molecule has 0 aliphatic carbocycles. The molecule has 0 saturated heterocycles. The lowest BCUT2D eigenvalue weighted by molar-refractivity contribution is -0.144. The van der Waals surface area contributed by atoms with Crippen molar-refractivity contribution < 1.29 is 24.2 Å². The van der Waals surface area contributed by atoms with Crippen LogP contribution in [-0.2, 0) is 20.7 Å². The van der Waals surface area contributed by atoms with E-state index in [1.807, 2.05) is 30.3 Å². The van der Waals surface area contributed by atoms with Gasteiger partial charge in [-0.25, -0.2) is 4.79 Å². The molecular weight excluding hydrogens is 334 g/mol. The number of benzene rings is 1. The van der Waals surface area contributed by atoms with Gasteiger partial charge in [-0.3, -0.25) is 9.59 Å². The first-order valence-corrected chi connectivity index (χ1v) is 8.72. The molecule has 1 aromatic rings. The minimum atomic E-state index is -1.21. The highest BCUT2D eigenvalue weighted by Gasteiger charge is 2.34. The average Bonchev–Trinajstić information content (AvgIpc) is 2.49. The van der Waals surface area contributed by atoms with Gasteiger partial charge in [0.15, 0.2) is 5.78 Å². The summed E-state index contributed by atoms with van der Waals surface area (Å²) in [5, 5.41) is 12.0. The molecule has 1 aromatic carbocycles. The number of carboxylic acid groups (broad SMARTS) is 1. The number of carboxylic acids is 1. The smallest absolute Gasteiger partial charge is 0.408 e. The van der Waals surface area contributed by atoms with Gasteiger partial charge in [0.1, 0.15) is 5.60 Å². The molecular formula is C20H29NO5. The average molecular weight is 363 g/mol. The maximum absolute atomic E-state index is 12.6. The highest BCUT2D eigenvalue weighted by Crippen LogP contribution is 2.19. The second-order valence-corrected chi connectivity index (χ2v) is 7.94. The minimum Gasteiger partial charge on any atom is -0.481 e. The minimum absolute atomic E-state index is 0.148. The normalized spacial score (nSPS) is 13.0. The number of carbonyl (C=O) groups excluding carboxylic acids is 2. The Balaban J connectivity index is 2.67. The number of hydrogen-bond donors (Lipinski definition) is 2. The third-order valence-corrected chi connectivity index (χ3v) is 3.92. The fourth-order valence-electron chi connectivity index (χ4n) is 2.41. The molecule has 0 radical (unpaired) electrons. The van der Waals surface area contributed by atoms with Crippen molar-refractivity contribution in [3.05, 3.63) is 35.9 Å². The van der Waals surface area contributed by atoms with Gasteiger partial charge in [0.05, 0.1) is 11.5 Å². The molecule has 1 atom stereocenters. The molecule has 0 aliphatic rings. The number of amides is 1. The van der Waals surface area contributed by atoms with E-state index in [1.165, 1.54) is 0 Å². The van der Waals surface area contributed by atoms with Crippen LogP contribution in [0.5, 0.6) is 0 Å². The second kappa shape index (κ2) is 8.83. The predicted molar refractivity (Wildman–Crippen MR) is 99.0 cm³/mol. The molecule has 0 aliphatic heterocycles. The van der Waals surface area contributed by atoms with Crippen molar-refractivity contribution in [2.24, 2.45) is 5.92 Å². The fraction of sp³-hybridized carbons (Fsp3) is 0.550. The van der Waals surface area contributed by atoms with Crippen molar-refractivity contribution in [3.63, 3.8) is 0 Å². The first-order chi connectivity index (χ1) is 11.9. The fourth-order valence-corrected chi connectivity index (χ4v) is 2.41. The van der Waals surface area contributed by atoms with Crippen LogP contribution in [-0.4, -0.2) is 34.1 Å². The summed E-state index contributed by atoms with van der Waals surface area (Å²) < 4.78 is 5.16. The van der Waals surface area contributed by atoms with E-state index in [9.17, 15) is 19.5 Å². The van der Waals surface area contributed by atoms with E-state index in [2.05, 4.69) is 5.32 Å². The number of hydrogen-bond acceptors (Lipinski definition) is 4. The summed E-state index contributed by atoms with van der Waals surface area (Å²) >= 11 is 0. The van der Waals surface area contributed by atoms with Crippen LogP contribution in [0.15, 0.2) is 30.3 Å². The lowest BCUT2D eigenvalue weighted by atomic mass is 9.88. The number of carbonyl (C=O) groups is 3. The number of aliphatic carboxylic acids is 1. The van der Waals surface area contributed by atoms with E-state index in [1.54, 1.807) is 34.6 Å². The molecule has 2 N–H and O–H groups in total. The maximum atomic E-state index is 12.6. The van der Waals surface area contributed by atoms with Crippen LogP contribution in [0.25, 0.3) is 0 Å². The van der Waals surface area contributed by atoms with E-state index in [0.29, 0.717) is 12.8 Å². The summed E-state index contributed by atoms with van der Waals surface area (Å²) in [5.74, 6) is -2.16. The van der Waals surface area contributed by atoms with E-state index in [-0.39, 0.29) is 12.2 Å². The largest absolute Gasteiger partial charge is 0.481 e. The molecule has 0 heterocycles. The Morgan fingerprint density at radius 3 is 2.15 bits per heavy atom. The Labute approximate surface area is 154 Å². The van der Waals surface area contributed by atoms with Gasteiger partial charge >= 0.3 is 12.1 Å². The quantitative estimate of drug-likeness (QED) is 0.736.